The third kappa shape index (κ3) is 2.94. The molecule has 0 nitrogen and oxygen atoms in total. The summed E-state index contributed by atoms with van der Waals surface area (Å²) >= 11 is 0. The van der Waals surface area contributed by atoms with Crippen molar-refractivity contribution in [2.45, 2.75) is 45.7 Å². The van der Waals surface area contributed by atoms with E-state index in [1.165, 1.54) is 19.3 Å². The van der Waals surface area contributed by atoms with Crippen LogP contribution in [0, 0.1) is 18.0 Å². The Morgan fingerprint density at radius 3 is 1.92 bits per heavy atom. The van der Waals surface area contributed by atoms with E-state index in [0.717, 1.165) is 11.6 Å². The molecule has 0 bridgehead atoms. The molecule has 1 saturated carbocycles. The van der Waals surface area contributed by atoms with Gasteiger partial charge in [-0.2, -0.15) is 6.66 Å². The Hall–Kier alpha value is 0.430. The largest absolute Gasteiger partial charge is 0.180 e. The van der Waals surface area contributed by atoms with Gasteiger partial charge in [0, 0.05) is 19.0 Å². The first-order valence-electron chi connectivity index (χ1n) is 5.39. The van der Waals surface area contributed by atoms with Crippen LogP contribution < -0.4 is 0 Å². The molecule has 0 radical (unpaired) electrons. The van der Waals surface area contributed by atoms with Gasteiger partial charge in [0.05, 0.1) is 0 Å². The van der Waals surface area contributed by atoms with Gasteiger partial charge in [-0.3, -0.25) is 0 Å². The van der Waals surface area contributed by atoms with E-state index < -0.39 is 7.26 Å². The minimum Gasteiger partial charge on any atom is -0.180 e. The predicted octanol–water partition coefficient (Wildman–Crippen LogP) is 4.27. The molecule has 0 heterocycles. The topological polar surface area (TPSA) is 0 Å². The summed E-state index contributed by atoms with van der Waals surface area (Å²) in [6.45, 7) is 16.3. The van der Waals surface area contributed by atoms with Crippen molar-refractivity contribution in [3.05, 3.63) is 6.66 Å². The van der Waals surface area contributed by atoms with Gasteiger partial charge < -0.3 is 0 Å². The summed E-state index contributed by atoms with van der Waals surface area (Å²) in [6, 6.07) is 0. The highest BCUT2D eigenvalue weighted by Crippen LogP contribution is 2.62. The number of hydrogen-bond acceptors (Lipinski definition) is 0. The predicted molar refractivity (Wildman–Crippen MR) is 64.7 cm³/mol. The lowest BCUT2D eigenvalue weighted by molar-refractivity contribution is 0.246. The molecule has 1 fully saturated rings. The average Bonchev–Trinajstić information content (AvgIpc) is 2.28. The van der Waals surface area contributed by atoms with Crippen LogP contribution in [0.3, 0.4) is 0 Å². The van der Waals surface area contributed by atoms with Crippen molar-refractivity contribution >= 4 is 7.26 Å². The van der Waals surface area contributed by atoms with Gasteiger partial charge in [0.1, 0.15) is 0 Å². The van der Waals surface area contributed by atoms with Crippen LogP contribution in [0.5, 0.6) is 0 Å². The molecular weight excluding hydrogens is 175 g/mol. The van der Waals surface area contributed by atoms with E-state index in [1.807, 2.05) is 0 Å². The molecule has 0 amide bonds. The standard InChI is InChI=1S/C12H25P/c1-12(2,3)10-7-8-11(9-10)13(4,5)6/h10-11H,4,7-9H2,1-3,5-6H3. The molecule has 0 aromatic rings. The monoisotopic (exact) mass is 200 g/mol. The van der Waals surface area contributed by atoms with Crippen LogP contribution in [-0.4, -0.2) is 19.0 Å². The lowest BCUT2D eigenvalue weighted by Gasteiger charge is -2.30. The molecular formula is C12H25P. The van der Waals surface area contributed by atoms with Crippen molar-refractivity contribution in [2.24, 2.45) is 11.3 Å². The molecule has 0 aromatic heterocycles. The molecule has 13 heavy (non-hydrogen) atoms. The fourth-order valence-corrected chi connectivity index (χ4v) is 4.05. The highest BCUT2D eigenvalue weighted by Gasteiger charge is 2.38. The molecule has 1 heteroatoms. The van der Waals surface area contributed by atoms with Crippen molar-refractivity contribution in [3.8, 4) is 0 Å². The Labute approximate surface area is 84.8 Å². The second-order valence-corrected chi connectivity index (χ2v) is 10.6. The van der Waals surface area contributed by atoms with Gasteiger partial charge in [-0.1, -0.05) is 20.8 Å². The molecule has 0 spiro atoms. The van der Waals surface area contributed by atoms with Crippen LogP contribution in [0.25, 0.3) is 0 Å². The van der Waals surface area contributed by atoms with Gasteiger partial charge in [-0.05, 0) is 30.6 Å². The second kappa shape index (κ2) is 3.54. The highest BCUT2D eigenvalue weighted by atomic mass is 31.2. The van der Waals surface area contributed by atoms with E-state index in [4.69, 9.17) is 0 Å². The van der Waals surface area contributed by atoms with Crippen molar-refractivity contribution in [1.29, 1.82) is 0 Å². The van der Waals surface area contributed by atoms with Gasteiger partial charge in [0.25, 0.3) is 0 Å². The summed E-state index contributed by atoms with van der Waals surface area (Å²) in [6.07, 6.45) is 4.31. The summed E-state index contributed by atoms with van der Waals surface area (Å²) in [5, 5.41) is 0. The Balaban J connectivity index is 2.55. The van der Waals surface area contributed by atoms with E-state index in [9.17, 15) is 0 Å². The first kappa shape index (κ1) is 11.5. The number of rotatable bonds is 1. The van der Waals surface area contributed by atoms with Crippen molar-refractivity contribution in [1.82, 2.24) is 0 Å². The fraction of sp³-hybridized carbons (Fsp3) is 0.917. The molecule has 2 unspecified atom stereocenters. The Kier molecular flexibility index (Phi) is 3.13. The van der Waals surface area contributed by atoms with Gasteiger partial charge in [0.15, 0.2) is 0 Å². The highest BCUT2D eigenvalue weighted by molar-refractivity contribution is 7.76. The molecule has 0 aliphatic heterocycles. The fourth-order valence-electron chi connectivity index (χ4n) is 2.38. The molecule has 1 rings (SSSR count). The van der Waals surface area contributed by atoms with E-state index >= 15 is 0 Å². The van der Waals surface area contributed by atoms with E-state index in [0.29, 0.717) is 5.41 Å². The summed E-state index contributed by atoms with van der Waals surface area (Å²) in [5.74, 6) is 0.943. The Bertz CT molecular complexity index is 151. The quantitative estimate of drug-likeness (QED) is 0.438. The van der Waals surface area contributed by atoms with Gasteiger partial charge in [-0.15, -0.1) is 7.26 Å². The summed E-state index contributed by atoms with van der Waals surface area (Å²) in [7, 11) is -0.820. The SMILES string of the molecule is [CH2-][P+](C)(C)C1CCC(C(C)(C)C)C1. The van der Waals surface area contributed by atoms with Crippen LogP contribution in [0.2, 0.25) is 0 Å². The number of hydrogen-bond donors (Lipinski definition) is 0. The minimum absolute atomic E-state index is 0.518. The summed E-state index contributed by atoms with van der Waals surface area (Å²) in [4.78, 5) is 0. The molecule has 1 aliphatic rings. The zero-order valence-electron chi connectivity index (χ0n) is 9.93. The van der Waals surface area contributed by atoms with Gasteiger partial charge in [0.2, 0.25) is 0 Å². The third-order valence-electron chi connectivity index (χ3n) is 3.62. The maximum atomic E-state index is 4.38. The molecule has 2 atom stereocenters. The van der Waals surface area contributed by atoms with Crippen molar-refractivity contribution in [2.75, 3.05) is 13.3 Å². The lowest BCUT2D eigenvalue weighted by Crippen LogP contribution is -2.18. The smallest absolute Gasteiger partial charge is 0.0428 e. The first-order chi connectivity index (χ1) is 5.71. The average molecular weight is 200 g/mol. The zero-order chi connectivity index (χ0) is 10.3. The van der Waals surface area contributed by atoms with E-state index in [2.05, 4.69) is 40.8 Å². The van der Waals surface area contributed by atoms with Crippen LogP contribution in [0.4, 0.5) is 0 Å². The first-order valence-corrected chi connectivity index (χ1v) is 8.33. The van der Waals surface area contributed by atoms with Crippen molar-refractivity contribution in [3.63, 3.8) is 0 Å². The van der Waals surface area contributed by atoms with Gasteiger partial charge >= 0.3 is 0 Å². The van der Waals surface area contributed by atoms with Crippen LogP contribution in [-0.2, 0) is 0 Å². The summed E-state index contributed by atoms with van der Waals surface area (Å²) < 4.78 is 0. The van der Waals surface area contributed by atoms with E-state index in [-0.39, 0.29) is 0 Å². The van der Waals surface area contributed by atoms with Crippen LogP contribution in [0.15, 0.2) is 0 Å². The van der Waals surface area contributed by atoms with Crippen molar-refractivity contribution < 1.29 is 0 Å². The third-order valence-corrected chi connectivity index (χ3v) is 6.06. The molecule has 78 valence electrons. The van der Waals surface area contributed by atoms with E-state index in [1.54, 1.807) is 0 Å². The Morgan fingerprint density at radius 1 is 1.15 bits per heavy atom. The molecule has 0 aromatic carbocycles. The lowest BCUT2D eigenvalue weighted by atomic mass is 9.80. The Morgan fingerprint density at radius 2 is 1.69 bits per heavy atom. The van der Waals surface area contributed by atoms with Crippen LogP contribution >= 0.6 is 7.26 Å². The maximum absolute atomic E-state index is 4.38. The van der Waals surface area contributed by atoms with Gasteiger partial charge in [-0.25, -0.2) is 0 Å². The molecule has 1 aliphatic carbocycles. The summed E-state index contributed by atoms with van der Waals surface area (Å²) in [5.41, 5.74) is 1.47. The molecule has 0 saturated heterocycles. The second-order valence-electron chi connectivity index (χ2n) is 6.31. The van der Waals surface area contributed by atoms with Crippen LogP contribution in [0.1, 0.15) is 40.0 Å². The zero-order valence-corrected chi connectivity index (χ0v) is 10.8. The maximum Gasteiger partial charge on any atom is 0.0428 e. The normalized spacial score (nSPS) is 30.9. The minimum atomic E-state index is -0.820. The molecule has 0 N–H and O–H groups in total.